The number of rotatable bonds is 5. The first-order chi connectivity index (χ1) is 8.95. The van der Waals surface area contributed by atoms with E-state index in [0.717, 1.165) is 16.0 Å². The van der Waals surface area contributed by atoms with Crippen LogP contribution in [0.1, 0.15) is 18.7 Å². The largest absolute Gasteiger partial charge is 0.396 e. The van der Waals surface area contributed by atoms with Crippen molar-refractivity contribution in [2.24, 2.45) is 11.3 Å². The van der Waals surface area contributed by atoms with Gasteiger partial charge in [0.15, 0.2) is 0 Å². The number of aryl methyl sites for hydroxylation is 1. The van der Waals surface area contributed by atoms with E-state index in [2.05, 4.69) is 26.8 Å². The second kappa shape index (κ2) is 5.28. The number of thiophene rings is 1. The van der Waals surface area contributed by atoms with Gasteiger partial charge in [0.2, 0.25) is 5.95 Å². The maximum Gasteiger partial charge on any atom is 0.240 e. The molecule has 0 aliphatic heterocycles. The molecule has 6 nitrogen and oxygen atoms in total. The molecule has 0 radical (unpaired) electrons. The zero-order chi connectivity index (χ0) is 14.0. The first-order valence-electron chi connectivity index (χ1n) is 6.05. The van der Waals surface area contributed by atoms with Crippen molar-refractivity contribution in [3.63, 3.8) is 0 Å². The minimum Gasteiger partial charge on any atom is -0.396 e. The molecule has 7 heteroatoms. The Labute approximate surface area is 116 Å². The van der Waals surface area contributed by atoms with Crippen LogP contribution >= 0.6 is 11.3 Å². The van der Waals surface area contributed by atoms with Gasteiger partial charge in [-0.05, 0) is 13.0 Å². The maximum atomic E-state index is 9.29. The molecule has 0 aromatic carbocycles. The first-order valence-corrected chi connectivity index (χ1v) is 6.86. The standard InChI is InChI=1S/C12H19N5OS/c1-7-4-8-9(14-5-12(2,3)6-18)15-11(17-13)16-10(8)19-7/h4,18H,5-6,13H2,1-3H3,(H2,14,15,16,17). The molecule has 0 amide bonds. The summed E-state index contributed by atoms with van der Waals surface area (Å²) in [6, 6.07) is 2.05. The van der Waals surface area contributed by atoms with Crippen LogP contribution in [0.2, 0.25) is 0 Å². The van der Waals surface area contributed by atoms with Crippen molar-refractivity contribution >= 4 is 33.3 Å². The molecule has 0 saturated carbocycles. The number of anilines is 2. The number of nitrogen functional groups attached to an aromatic ring is 1. The van der Waals surface area contributed by atoms with E-state index in [1.165, 1.54) is 4.88 Å². The number of aliphatic hydroxyl groups is 1. The molecule has 0 spiro atoms. The maximum absolute atomic E-state index is 9.29. The summed E-state index contributed by atoms with van der Waals surface area (Å²) < 4.78 is 0. The quantitative estimate of drug-likeness (QED) is 0.492. The zero-order valence-corrected chi connectivity index (χ0v) is 12.1. The molecule has 0 saturated heterocycles. The molecule has 0 atom stereocenters. The molecule has 19 heavy (non-hydrogen) atoms. The van der Waals surface area contributed by atoms with Crippen LogP contribution in [-0.4, -0.2) is 28.2 Å². The van der Waals surface area contributed by atoms with Gasteiger partial charge in [0.25, 0.3) is 0 Å². The van der Waals surface area contributed by atoms with E-state index in [9.17, 15) is 5.11 Å². The lowest BCUT2D eigenvalue weighted by atomic mass is 9.95. The minimum absolute atomic E-state index is 0.110. The lowest BCUT2D eigenvalue weighted by Crippen LogP contribution is -2.27. The van der Waals surface area contributed by atoms with E-state index in [4.69, 9.17) is 5.84 Å². The Kier molecular flexibility index (Phi) is 3.88. The van der Waals surface area contributed by atoms with Gasteiger partial charge in [-0.25, -0.2) is 10.8 Å². The lowest BCUT2D eigenvalue weighted by Gasteiger charge is -2.22. The van der Waals surface area contributed by atoms with Crippen LogP contribution in [0.5, 0.6) is 0 Å². The molecular weight excluding hydrogens is 262 g/mol. The second-order valence-electron chi connectivity index (χ2n) is 5.29. The van der Waals surface area contributed by atoms with E-state index in [-0.39, 0.29) is 12.0 Å². The highest BCUT2D eigenvalue weighted by Crippen LogP contribution is 2.30. The summed E-state index contributed by atoms with van der Waals surface area (Å²) in [5.41, 5.74) is 2.27. The van der Waals surface area contributed by atoms with Crippen LogP contribution in [0.15, 0.2) is 6.07 Å². The van der Waals surface area contributed by atoms with Crippen LogP contribution in [0.3, 0.4) is 0 Å². The third-order valence-corrected chi connectivity index (χ3v) is 3.75. The molecular formula is C12H19N5OS. The van der Waals surface area contributed by atoms with Gasteiger partial charge in [0.05, 0.1) is 5.39 Å². The summed E-state index contributed by atoms with van der Waals surface area (Å²) in [5.74, 6) is 6.51. The Morgan fingerprint density at radius 1 is 1.42 bits per heavy atom. The summed E-state index contributed by atoms with van der Waals surface area (Å²) in [6.45, 7) is 6.73. The van der Waals surface area contributed by atoms with Gasteiger partial charge < -0.3 is 10.4 Å². The second-order valence-corrected chi connectivity index (χ2v) is 6.53. The average Bonchev–Trinajstić information content (AvgIpc) is 2.76. The van der Waals surface area contributed by atoms with Gasteiger partial charge >= 0.3 is 0 Å². The monoisotopic (exact) mass is 281 g/mol. The number of nitrogens with two attached hydrogens (primary N) is 1. The number of nitrogens with zero attached hydrogens (tertiary/aromatic N) is 2. The Balaban J connectivity index is 2.35. The minimum atomic E-state index is -0.210. The summed E-state index contributed by atoms with van der Waals surface area (Å²) in [4.78, 5) is 10.7. The number of hydrogen-bond acceptors (Lipinski definition) is 7. The predicted octanol–water partition coefficient (Wildman–Crippen LogP) is 1.72. The molecule has 2 aromatic rings. The highest BCUT2D eigenvalue weighted by molar-refractivity contribution is 7.18. The van der Waals surface area contributed by atoms with E-state index < -0.39 is 0 Å². The van der Waals surface area contributed by atoms with E-state index in [1.54, 1.807) is 11.3 Å². The van der Waals surface area contributed by atoms with Crippen LogP contribution in [0.25, 0.3) is 10.2 Å². The number of hydrogen-bond donors (Lipinski definition) is 4. The molecule has 0 aliphatic carbocycles. The Hall–Kier alpha value is -1.44. The number of hydrazine groups is 1. The zero-order valence-electron chi connectivity index (χ0n) is 11.3. The summed E-state index contributed by atoms with van der Waals surface area (Å²) in [7, 11) is 0. The summed E-state index contributed by atoms with van der Waals surface area (Å²) in [5, 5.41) is 13.5. The molecule has 2 aromatic heterocycles. The van der Waals surface area contributed by atoms with Gasteiger partial charge in [0, 0.05) is 23.4 Å². The summed E-state index contributed by atoms with van der Waals surface area (Å²) >= 11 is 1.60. The fourth-order valence-electron chi connectivity index (χ4n) is 1.62. The molecule has 2 rings (SSSR count). The van der Waals surface area contributed by atoms with Crippen molar-refractivity contribution in [1.82, 2.24) is 9.97 Å². The van der Waals surface area contributed by atoms with Crippen molar-refractivity contribution < 1.29 is 5.11 Å². The lowest BCUT2D eigenvalue weighted by molar-refractivity contribution is 0.171. The van der Waals surface area contributed by atoms with Gasteiger partial charge in [0.1, 0.15) is 10.6 Å². The third kappa shape index (κ3) is 3.12. The van der Waals surface area contributed by atoms with E-state index in [1.807, 2.05) is 20.8 Å². The Morgan fingerprint density at radius 2 is 2.16 bits per heavy atom. The number of aromatic nitrogens is 2. The van der Waals surface area contributed by atoms with E-state index in [0.29, 0.717) is 12.5 Å². The normalized spacial score (nSPS) is 11.8. The molecule has 0 aliphatic rings. The van der Waals surface area contributed by atoms with Gasteiger partial charge in [-0.2, -0.15) is 4.98 Å². The number of nitrogens with one attached hydrogen (secondary N) is 2. The molecule has 2 heterocycles. The average molecular weight is 281 g/mol. The Bertz CT molecular complexity index is 581. The highest BCUT2D eigenvalue weighted by Gasteiger charge is 2.18. The van der Waals surface area contributed by atoms with Gasteiger partial charge in [-0.15, -0.1) is 11.3 Å². The van der Waals surface area contributed by atoms with E-state index >= 15 is 0 Å². The van der Waals surface area contributed by atoms with Crippen molar-refractivity contribution in [1.29, 1.82) is 0 Å². The molecule has 0 bridgehead atoms. The van der Waals surface area contributed by atoms with Crippen molar-refractivity contribution in [3.8, 4) is 0 Å². The van der Waals surface area contributed by atoms with Crippen molar-refractivity contribution in [3.05, 3.63) is 10.9 Å². The highest BCUT2D eigenvalue weighted by atomic mass is 32.1. The topological polar surface area (TPSA) is 96.1 Å². The third-order valence-electron chi connectivity index (χ3n) is 2.81. The van der Waals surface area contributed by atoms with Crippen LogP contribution in [-0.2, 0) is 0 Å². The van der Waals surface area contributed by atoms with Crippen molar-refractivity contribution in [2.45, 2.75) is 20.8 Å². The van der Waals surface area contributed by atoms with Crippen LogP contribution in [0.4, 0.5) is 11.8 Å². The fraction of sp³-hybridized carbons (Fsp3) is 0.500. The van der Waals surface area contributed by atoms with Crippen LogP contribution < -0.4 is 16.6 Å². The first kappa shape index (κ1) is 14.0. The Morgan fingerprint density at radius 3 is 2.79 bits per heavy atom. The van der Waals surface area contributed by atoms with Gasteiger partial charge in [-0.3, -0.25) is 5.43 Å². The smallest absolute Gasteiger partial charge is 0.240 e. The number of fused-ring (bicyclic) bond motifs is 1. The molecule has 0 unspecified atom stereocenters. The molecule has 104 valence electrons. The molecule has 0 fully saturated rings. The van der Waals surface area contributed by atoms with Crippen LogP contribution in [0, 0.1) is 12.3 Å². The van der Waals surface area contributed by atoms with Gasteiger partial charge in [-0.1, -0.05) is 13.8 Å². The fourth-order valence-corrected chi connectivity index (χ4v) is 2.50. The van der Waals surface area contributed by atoms with Crippen molar-refractivity contribution in [2.75, 3.05) is 23.9 Å². The summed E-state index contributed by atoms with van der Waals surface area (Å²) in [6.07, 6.45) is 0. The molecule has 5 N–H and O–H groups in total. The predicted molar refractivity (Wildman–Crippen MR) is 79.3 cm³/mol. The number of aliphatic hydroxyl groups excluding tert-OH is 1. The SMILES string of the molecule is Cc1cc2c(NCC(C)(C)CO)nc(NN)nc2s1.